The standard InChI is InChI=1S/C11H18N2O2/c1-3-5-13-11(14)8-15-10-7-12-6-4-9(10)2/h1,9-10,12H,4-8H2,2H3,(H,13,14). The zero-order valence-corrected chi connectivity index (χ0v) is 9.08. The van der Waals surface area contributed by atoms with Gasteiger partial charge in [0, 0.05) is 6.54 Å². The Morgan fingerprint density at radius 1 is 1.73 bits per heavy atom. The van der Waals surface area contributed by atoms with E-state index in [2.05, 4.69) is 23.5 Å². The van der Waals surface area contributed by atoms with Gasteiger partial charge in [0.1, 0.15) is 6.61 Å². The number of terminal acetylenes is 1. The molecule has 4 heteroatoms. The van der Waals surface area contributed by atoms with Gasteiger partial charge in [-0.2, -0.15) is 0 Å². The van der Waals surface area contributed by atoms with Crippen LogP contribution in [0.1, 0.15) is 13.3 Å². The highest BCUT2D eigenvalue weighted by Crippen LogP contribution is 2.14. The maximum atomic E-state index is 11.2. The molecule has 1 saturated heterocycles. The SMILES string of the molecule is C#CCNC(=O)COC1CNCCC1C. The first kappa shape index (κ1) is 12.0. The second-order valence-electron chi connectivity index (χ2n) is 3.80. The van der Waals surface area contributed by atoms with E-state index in [1.54, 1.807) is 0 Å². The molecule has 2 N–H and O–H groups in total. The molecule has 1 aliphatic heterocycles. The van der Waals surface area contributed by atoms with E-state index in [1.807, 2.05) is 0 Å². The van der Waals surface area contributed by atoms with Gasteiger partial charge in [0.15, 0.2) is 0 Å². The number of nitrogens with one attached hydrogen (secondary N) is 2. The average molecular weight is 210 g/mol. The number of amides is 1. The molecule has 15 heavy (non-hydrogen) atoms. The Balaban J connectivity index is 2.18. The van der Waals surface area contributed by atoms with Crippen molar-refractivity contribution in [3.8, 4) is 12.3 Å². The van der Waals surface area contributed by atoms with E-state index in [1.165, 1.54) is 0 Å². The molecule has 1 amide bonds. The van der Waals surface area contributed by atoms with Crippen molar-refractivity contribution in [2.24, 2.45) is 5.92 Å². The number of carbonyl (C=O) groups is 1. The van der Waals surface area contributed by atoms with E-state index >= 15 is 0 Å². The summed E-state index contributed by atoms with van der Waals surface area (Å²) in [5.41, 5.74) is 0. The Morgan fingerprint density at radius 2 is 2.53 bits per heavy atom. The fourth-order valence-corrected chi connectivity index (χ4v) is 1.57. The quantitative estimate of drug-likeness (QED) is 0.629. The van der Waals surface area contributed by atoms with E-state index in [0.29, 0.717) is 5.92 Å². The minimum absolute atomic E-state index is 0.0956. The van der Waals surface area contributed by atoms with Crippen molar-refractivity contribution in [1.29, 1.82) is 0 Å². The van der Waals surface area contributed by atoms with Crippen LogP contribution in [-0.4, -0.2) is 38.3 Å². The maximum absolute atomic E-state index is 11.2. The Bertz CT molecular complexity index is 247. The van der Waals surface area contributed by atoms with Crippen LogP contribution in [0.3, 0.4) is 0 Å². The van der Waals surface area contributed by atoms with E-state index in [0.717, 1.165) is 19.5 Å². The molecule has 0 radical (unpaired) electrons. The third-order valence-corrected chi connectivity index (χ3v) is 2.57. The van der Waals surface area contributed by atoms with Gasteiger partial charge >= 0.3 is 0 Å². The van der Waals surface area contributed by atoms with E-state index in [9.17, 15) is 4.79 Å². The normalized spacial score (nSPS) is 25.6. The van der Waals surface area contributed by atoms with Gasteiger partial charge in [0.05, 0.1) is 12.6 Å². The van der Waals surface area contributed by atoms with E-state index in [-0.39, 0.29) is 25.2 Å². The number of hydrogen-bond donors (Lipinski definition) is 2. The number of hydrogen-bond acceptors (Lipinski definition) is 3. The Kier molecular flexibility index (Phi) is 5.16. The first-order chi connectivity index (χ1) is 7.24. The van der Waals surface area contributed by atoms with Gasteiger partial charge in [-0.25, -0.2) is 0 Å². The predicted molar refractivity (Wildman–Crippen MR) is 58.2 cm³/mol. The topological polar surface area (TPSA) is 50.4 Å². The highest BCUT2D eigenvalue weighted by Gasteiger charge is 2.22. The van der Waals surface area contributed by atoms with Crippen molar-refractivity contribution in [2.45, 2.75) is 19.4 Å². The zero-order chi connectivity index (χ0) is 11.1. The summed E-state index contributed by atoms with van der Waals surface area (Å²) in [5.74, 6) is 2.70. The average Bonchev–Trinajstić information content (AvgIpc) is 2.25. The summed E-state index contributed by atoms with van der Waals surface area (Å²) in [6.45, 7) is 4.36. The number of ether oxygens (including phenoxy) is 1. The summed E-state index contributed by atoms with van der Waals surface area (Å²) in [6.07, 6.45) is 6.25. The van der Waals surface area contributed by atoms with Crippen molar-refractivity contribution in [3.63, 3.8) is 0 Å². The number of carbonyl (C=O) groups excluding carboxylic acids is 1. The third kappa shape index (κ3) is 4.32. The summed E-state index contributed by atoms with van der Waals surface area (Å²) >= 11 is 0. The van der Waals surface area contributed by atoms with Crippen LogP contribution in [0.5, 0.6) is 0 Å². The largest absolute Gasteiger partial charge is 0.367 e. The lowest BCUT2D eigenvalue weighted by molar-refractivity contribution is -0.128. The van der Waals surface area contributed by atoms with Gasteiger partial charge in [0.2, 0.25) is 5.91 Å². The molecule has 84 valence electrons. The molecule has 0 aromatic heterocycles. The molecular formula is C11H18N2O2. The van der Waals surface area contributed by atoms with Gasteiger partial charge in [-0.1, -0.05) is 12.8 Å². The molecule has 1 heterocycles. The number of piperidine rings is 1. The fourth-order valence-electron chi connectivity index (χ4n) is 1.57. The van der Waals surface area contributed by atoms with Crippen LogP contribution in [0.25, 0.3) is 0 Å². The molecule has 0 bridgehead atoms. The van der Waals surface area contributed by atoms with Gasteiger partial charge in [-0.3, -0.25) is 4.79 Å². The lowest BCUT2D eigenvalue weighted by atomic mass is 9.97. The van der Waals surface area contributed by atoms with Crippen molar-refractivity contribution in [3.05, 3.63) is 0 Å². The second-order valence-corrected chi connectivity index (χ2v) is 3.80. The minimum Gasteiger partial charge on any atom is -0.367 e. The van der Waals surface area contributed by atoms with Crippen molar-refractivity contribution < 1.29 is 9.53 Å². The molecule has 4 nitrogen and oxygen atoms in total. The lowest BCUT2D eigenvalue weighted by Crippen LogP contribution is -2.42. The summed E-state index contributed by atoms with van der Waals surface area (Å²) in [7, 11) is 0. The van der Waals surface area contributed by atoms with Crippen molar-refractivity contribution >= 4 is 5.91 Å². The molecule has 1 rings (SSSR count). The highest BCUT2D eigenvalue weighted by atomic mass is 16.5. The molecule has 1 fully saturated rings. The zero-order valence-electron chi connectivity index (χ0n) is 9.08. The van der Waals surface area contributed by atoms with Gasteiger partial charge in [-0.15, -0.1) is 6.42 Å². The predicted octanol–water partition coefficient (Wildman–Crippen LogP) is -0.250. The summed E-state index contributed by atoms with van der Waals surface area (Å²) in [4.78, 5) is 11.2. The van der Waals surface area contributed by atoms with Crippen LogP contribution in [0, 0.1) is 18.3 Å². The van der Waals surface area contributed by atoms with E-state index < -0.39 is 0 Å². The minimum atomic E-state index is -0.147. The van der Waals surface area contributed by atoms with Gasteiger partial charge in [-0.05, 0) is 18.9 Å². The number of rotatable bonds is 4. The second kappa shape index (κ2) is 6.44. The molecule has 0 aromatic carbocycles. The molecule has 0 spiro atoms. The van der Waals surface area contributed by atoms with Crippen LogP contribution < -0.4 is 10.6 Å². The van der Waals surface area contributed by atoms with E-state index in [4.69, 9.17) is 11.2 Å². The smallest absolute Gasteiger partial charge is 0.246 e. The van der Waals surface area contributed by atoms with Crippen LogP contribution in [-0.2, 0) is 9.53 Å². The van der Waals surface area contributed by atoms with Crippen LogP contribution >= 0.6 is 0 Å². The lowest BCUT2D eigenvalue weighted by Gasteiger charge is -2.29. The third-order valence-electron chi connectivity index (χ3n) is 2.57. The molecule has 0 aliphatic carbocycles. The Hall–Kier alpha value is -1.05. The van der Waals surface area contributed by atoms with Crippen LogP contribution in [0.15, 0.2) is 0 Å². The van der Waals surface area contributed by atoms with Crippen LogP contribution in [0.2, 0.25) is 0 Å². The summed E-state index contributed by atoms with van der Waals surface area (Å²) in [5, 5.41) is 5.81. The molecule has 0 saturated carbocycles. The summed E-state index contributed by atoms with van der Waals surface area (Å²) < 4.78 is 5.51. The first-order valence-corrected chi connectivity index (χ1v) is 5.26. The van der Waals surface area contributed by atoms with Crippen molar-refractivity contribution in [2.75, 3.05) is 26.2 Å². The first-order valence-electron chi connectivity index (χ1n) is 5.26. The van der Waals surface area contributed by atoms with Crippen LogP contribution in [0.4, 0.5) is 0 Å². The van der Waals surface area contributed by atoms with Gasteiger partial charge in [0.25, 0.3) is 0 Å². The maximum Gasteiger partial charge on any atom is 0.246 e. The van der Waals surface area contributed by atoms with Gasteiger partial charge < -0.3 is 15.4 Å². The summed E-state index contributed by atoms with van der Waals surface area (Å²) in [6, 6.07) is 0. The van der Waals surface area contributed by atoms with Crippen molar-refractivity contribution in [1.82, 2.24) is 10.6 Å². The molecule has 1 aliphatic rings. The fraction of sp³-hybridized carbons (Fsp3) is 0.727. The highest BCUT2D eigenvalue weighted by molar-refractivity contribution is 5.77. The molecule has 0 aromatic rings. The Labute approximate surface area is 90.8 Å². The molecule has 2 unspecified atom stereocenters. The molecule has 2 atom stereocenters. The molecular weight excluding hydrogens is 192 g/mol. The Morgan fingerprint density at radius 3 is 3.20 bits per heavy atom. The monoisotopic (exact) mass is 210 g/mol.